The molecule has 0 heterocycles. The molecule has 0 bridgehead atoms. The van der Waals surface area contributed by atoms with Crippen molar-refractivity contribution in [2.75, 3.05) is 19.8 Å². The predicted octanol–water partition coefficient (Wildman–Crippen LogP) is 0.987. The molecule has 3 N–H and O–H groups in total. The Balaban J connectivity index is 4.77. The Morgan fingerprint density at radius 2 is 2.00 bits per heavy atom. The first-order valence-corrected chi connectivity index (χ1v) is 5.40. The van der Waals surface area contributed by atoms with Gasteiger partial charge in [0, 0.05) is 18.6 Å². The summed E-state index contributed by atoms with van der Waals surface area (Å²) in [6, 6.07) is 0. The molecule has 0 aliphatic carbocycles. The Morgan fingerprint density at radius 1 is 1.33 bits per heavy atom. The maximum atomic E-state index is 11.6. The van der Waals surface area contributed by atoms with E-state index in [1.807, 2.05) is 6.92 Å². The third-order valence-corrected chi connectivity index (χ3v) is 2.18. The lowest BCUT2D eigenvalue weighted by molar-refractivity contribution is -0.138. The molecule has 0 saturated heterocycles. The third kappa shape index (κ3) is 4.95. The van der Waals surface area contributed by atoms with Gasteiger partial charge in [-0.05, 0) is 26.3 Å². The largest absolute Gasteiger partial charge is 0.463 e. The van der Waals surface area contributed by atoms with E-state index in [-0.39, 0.29) is 12.6 Å². The number of aliphatic hydroxyl groups excluding tert-OH is 1. The molecule has 88 valence electrons. The lowest BCUT2D eigenvalue weighted by atomic mass is 10.0. The van der Waals surface area contributed by atoms with Gasteiger partial charge in [0.05, 0.1) is 6.61 Å². The molecule has 4 heteroatoms. The third-order valence-electron chi connectivity index (χ3n) is 2.18. The Morgan fingerprint density at radius 3 is 2.40 bits per heavy atom. The second-order valence-corrected chi connectivity index (χ2v) is 3.17. The molecule has 0 amide bonds. The normalized spacial score (nSPS) is 12.3. The molecule has 0 fully saturated rings. The van der Waals surface area contributed by atoms with Crippen molar-refractivity contribution in [3.63, 3.8) is 0 Å². The maximum absolute atomic E-state index is 11.6. The van der Waals surface area contributed by atoms with E-state index in [1.165, 1.54) is 0 Å². The summed E-state index contributed by atoms with van der Waals surface area (Å²) in [6.07, 6.45) is 1.80. The van der Waals surface area contributed by atoms with E-state index in [1.54, 1.807) is 6.92 Å². The van der Waals surface area contributed by atoms with Gasteiger partial charge in [0.15, 0.2) is 0 Å². The van der Waals surface area contributed by atoms with E-state index in [0.29, 0.717) is 31.6 Å². The molecule has 0 rings (SSSR count). The van der Waals surface area contributed by atoms with Crippen LogP contribution in [0.5, 0.6) is 0 Å². The summed E-state index contributed by atoms with van der Waals surface area (Å²) in [7, 11) is 0. The van der Waals surface area contributed by atoms with Crippen molar-refractivity contribution in [2.24, 2.45) is 5.73 Å². The van der Waals surface area contributed by atoms with Gasteiger partial charge in [-0.15, -0.1) is 0 Å². The lowest BCUT2D eigenvalue weighted by Crippen LogP contribution is -2.13. The average Bonchev–Trinajstić information content (AvgIpc) is 2.23. The van der Waals surface area contributed by atoms with Crippen LogP contribution in [0.3, 0.4) is 0 Å². The number of hydrogen-bond donors (Lipinski definition) is 2. The summed E-state index contributed by atoms with van der Waals surface area (Å²) in [5, 5.41) is 8.89. The van der Waals surface area contributed by atoms with Crippen molar-refractivity contribution in [3.05, 3.63) is 11.1 Å². The standard InChI is InChI=1S/C11H21NO3/c1-3-9(5-7-12)10(6-8-13)11(14)15-4-2/h13H,3-8,12H2,1-2H3. The van der Waals surface area contributed by atoms with E-state index in [4.69, 9.17) is 15.6 Å². The van der Waals surface area contributed by atoms with Gasteiger partial charge in [-0.25, -0.2) is 4.79 Å². The number of carbonyl (C=O) groups excluding carboxylic acids is 1. The van der Waals surface area contributed by atoms with Crippen molar-refractivity contribution < 1.29 is 14.6 Å². The number of esters is 1. The van der Waals surface area contributed by atoms with E-state index >= 15 is 0 Å². The summed E-state index contributed by atoms with van der Waals surface area (Å²) >= 11 is 0. The second kappa shape index (κ2) is 8.44. The number of carbonyl (C=O) groups is 1. The molecule has 0 atom stereocenters. The zero-order valence-electron chi connectivity index (χ0n) is 9.58. The summed E-state index contributed by atoms with van der Waals surface area (Å²) in [6.45, 7) is 4.57. The number of ether oxygens (including phenoxy) is 1. The molecule has 15 heavy (non-hydrogen) atoms. The molecular formula is C11H21NO3. The molecule has 0 unspecified atom stereocenters. The van der Waals surface area contributed by atoms with Gasteiger partial charge in [-0.1, -0.05) is 12.5 Å². The molecule has 0 spiro atoms. The predicted molar refractivity (Wildman–Crippen MR) is 59.3 cm³/mol. The highest BCUT2D eigenvalue weighted by molar-refractivity contribution is 5.89. The van der Waals surface area contributed by atoms with E-state index in [0.717, 1.165) is 12.0 Å². The van der Waals surface area contributed by atoms with Crippen LogP contribution >= 0.6 is 0 Å². The first kappa shape index (κ1) is 14.1. The average molecular weight is 215 g/mol. The van der Waals surface area contributed by atoms with E-state index < -0.39 is 0 Å². The summed E-state index contributed by atoms with van der Waals surface area (Å²) in [5.74, 6) is -0.322. The molecule has 0 aromatic carbocycles. The topological polar surface area (TPSA) is 72.5 Å². The van der Waals surface area contributed by atoms with Gasteiger partial charge in [0.2, 0.25) is 0 Å². The highest BCUT2D eigenvalue weighted by atomic mass is 16.5. The van der Waals surface area contributed by atoms with Gasteiger partial charge in [0.1, 0.15) is 0 Å². The minimum Gasteiger partial charge on any atom is -0.463 e. The van der Waals surface area contributed by atoms with Crippen molar-refractivity contribution in [3.8, 4) is 0 Å². The molecule has 0 aliphatic rings. The van der Waals surface area contributed by atoms with Crippen LogP contribution in [0.25, 0.3) is 0 Å². The molecule has 0 aromatic rings. The van der Waals surface area contributed by atoms with Crippen molar-refractivity contribution in [2.45, 2.75) is 33.1 Å². The Kier molecular flexibility index (Phi) is 7.95. The summed E-state index contributed by atoms with van der Waals surface area (Å²) in [5.41, 5.74) is 7.05. The Labute approximate surface area is 91.1 Å². The maximum Gasteiger partial charge on any atom is 0.334 e. The van der Waals surface area contributed by atoms with Crippen LogP contribution in [0.15, 0.2) is 11.1 Å². The van der Waals surface area contributed by atoms with Crippen LogP contribution in [-0.2, 0) is 9.53 Å². The SMILES string of the molecule is CCOC(=O)C(CCO)=C(CC)CCN. The zero-order valence-corrected chi connectivity index (χ0v) is 9.58. The van der Waals surface area contributed by atoms with Gasteiger partial charge in [-0.3, -0.25) is 0 Å². The quantitative estimate of drug-likeness (QED) is 0.490. The van der Waals surface area contributed by atoms with E-state index in [2.05, 4.69) is 0 Å². The molecule has 4 nitrogen and oxygen atoms in total. The monoisotopic (exact) mass is 215 g/mol. The fourth-order valence-corrected chi connectivity index (χ4v) is 1.47. The Hall–Kier alpha value is -0.870. The fourth-order valence-electron chi connectivity index (χ4n) is 1.47. The number of hydrogen-bond acceptors (Lipinski definition) is 4. The van der Waals surface area contributed by atoms with Crippen molar-refractivity contribution in [1.82, 2.24) is 0 Å². The van der Waals surface area contributed by atoms with Crippen LogP contribution < -0.4 is 5.73 Å². The highest BCUT2D eigenvalue weighted by Gasteiger charge is 2.14. The van der Waals surface area contributed by atoms with Crippen LogP contribution in [-0.4, -0.2) is 30.8 Å². The molecule has 0 saturated carbocycles. The van der Waals surface area contributed by atoms with E-state index in [9.17, 15) is 4.79 Å². The zero-order chi connectivity index (χ0) is 11.7. The van der Waals surface area contributed by atoms with Gasteiger partial charge < -0.3 is 15.6 Å². The number of rotatable bonds is 7. The number of nitrogens with two attached hydrogens (primary N) is 1. The van der Waals surface area contributed by atoms with Crippen LogP contribution in [0, 0.1) is 0 Å². The van der Waals surface area contributed by atoms with Gasteiger partial charge >= 0.3 is 5.97 Å². The molecular weight excluding hydrogens is 194 g/mol. The number of aliphatic hydroxyl groups is 1. The van der Waals surface area contributed by atoms with Crippen LogP contribution in [0.1, 0.15) is 33.1 Å². The molecule has 0 aliphatic heterocycles. The minimum absolute atomic E-state index is 0.0395. The molecule has 0 aromatic heterocycles. The van der Waals surface area contributed by atoms with Crippen LogP contribution in [0.2, 0.25) is 0 Å². The van der Waals surface area contributed by atoms with Crippen molar-refractivity contribution >= 4 is 5.97 Å². The van der Waals surface area contributed by atoms with Crippen LogP contribution in [0.4, 0.5) is 0 Å². The molecule has 0 radical (unpaired) electrons. The van der Waals surface area contributed by atoms with Gasteiger partial charge in [0.25, 0.3) is 0 Å². The second-order valence-electron chi connectivity index (χ2n) is 3.17. The first-order chi connectivity index (χ1) is 7.21. The van der Waals surface area contributed by atoms with Crippen molar-refractivity contribution in [1.29, 1.82) is 0 Å². The Bertz CT molecular complexity index is 224. The smallest absolute Gasteiger partial charge is 0.334 e. The minimum atomic E-state index is -0.322. The lowest BCUT2D eigenvalue weighted by Gasteiger charge is -2.11. The first-order valence-electron chi connectivity index (χ1n) is 5.40. The fraction of sp³-hybridized carbons (Fsp3) is 0.727. The summed E-state index contributed by atoms with van der Waals surface area (Å²) in [4.78, 5) is 11.6. The highest BCUT2D eigenvalue weighted by Crippen LogP contribution is 2.17. The van der Waals surface area contributed by atoms with Gasteiger partial charge in [-0.2, -0.15) is 0 Å². The summed E-state index contributed by atoms with van der Waals surface area (Å²) < 4.78 is 4.94.